The SMILES string of the molecule is CC(C)=CCC[C@H]1[CH]CCCO1.[Cl-].[Hg+]. The molecule has 0 N–H and O–H groups in total. The predicted octanol–water partition coefficient (Wildman–Crippen LogP) is 0.118. The van der Waals surface area contributed by atoms with Gasteiger partial charge in [-0.05, 0) is 46.0 Å². The van der Waals surface area contributed by atoms with Gasteiger partial charge < -0.3 is 17.1 Å². The third-order valence-corrected chi connectivity index (χ3v) is 2.11. The Morgan fingerprint density at radius 2 is 2.21 bits per heavy atom. The Hall–Kier alpha value is 0.925. The molecular weight excluding hydrogens is 384 g/mol. The molecule has 2 radical (unpaired) electrons. The molecule has 0 aromatic heterocycles. The third kappa shape index (κ3) is 8.25. The quantitative estimate of drug-likeness (QED) is 0.481. The van der Waals surface area contributed by atoms with E-state index in [0.29, 0.717) is 6.10 Å². The number of halogens is 1. The Morgan fingerprint density at radius 1 is 1.50 bits per heavy atom. The first-order valence-electron chi connectivity index (χ1n) is 4.87. The number of hydrogen-bond acceptors (Lipinski definition) is 1. The smallest absolute Gasteiger partial charge is 1.00 e. The second kappa shape index (κ2) is 10.4. The Balaban J connectivity index is 0. The minimum absolute atomic E-state index is 0. The van der Waals surface area contributed by atoms with Gasteiger partial charge in [-0.15, -0.1) is 0 Å². The molecule has 1 rings (SSSR count). The van der Waals surface area contributed by atoms with E-state index in [1.54, 1.807) is 0 Å². The van der Waals surface area contributed by atoms with E-state index in [9.17, 15) is 0 Å². The molecule has 0 spiro atoms. The fraction of sp³-hybridized carbons (Fsp3) is 0.727. The number of ether oxygens (including phenoxy) is 1. The summed E-state index contributed by atoms with van der Waals surface area (Å²) in [5.41, 5.74) is 1.41. The Kier molecular flexibility index (Phi) is 12.9. The normalized spacial score (nSPS) is 20.3. The maximum absolute atomic E-state index is 5.57. The molecule has 1 aliphatic rings. The van der Waals surface area contributed by atoms with Crippen LogP contribution in [-0.2, 0) is 32.4 Å². The number of allylic oxidation sites excluding steroid dienone is 2. The summed E-state index contributed by atoms with van der Waals surface area (Å²) in [4.78, 5) is 0. The molecule has 0 aromatic carbocycles. The van der Waals surface area contributed by atoms with Gasteiger partial charge in [0.2, 0.25) is 0 Å². The molecule has 0 amide bonds. The third-order valence-electron chi connectivity index (χ3n) is 2.11. The van der Waals surface area contributed by atoms with Crippen LogP contribution in [0.3, 0.4) is 0 Å². The second-order valence-corrected chi connectivity index (χ2v) is 3.65. The van der Waals surface area contributed by atoms with Crippen molar-refractivity contribution in [2.24, 2.45) is 0 Å². The van der Waals surface area contributed by atoms with Crippen LogP contribution in [0, 0.1) is 6.42 Å². The van der Waals surface area contributed by atoms with Gasteiger partial charge in [0.05, 0.1) is 6.10 Å². The standard InChI is InChI=1S/C11H19O.ClH.Hg/c1-10(2)6-5-8-11-7-3-4-9-12-11;;/h6-7,11H,3-5,8-9H2,1-2H3;1H;/q;;+1/p-1/t11-;;/m1../s1. The van der Waals surface area contributed by atoms with E-state index in [4.69, 9.17) is 4.74 Å². The van der Waals surface area contributed by atoms with Crippen LogP contribution in [-0.4, -0.2) is 12.7 Å². The average molecular weight is 403 g/mol. The van der Waals surface area contributed by atoms with E-state index in [1.165, 1.54) is 18.4 Å². The molecule has 78 valence electrons. The van der Waals surface area contributed by atoms with Crippen molar-refractivity contribution >= 4 is 0 Å². The summed E-state index contributed by atoms with van der Waals surface area (Å²) in [6.07, 6.45) is 9.77. The summed E-state index contributed by atoms with van der Waals surface area (Å²) in [5, 5.41) is 0. The fourth-order valence-corrected chi connectivity index (χ4v) is 1.43. The molecule has 0 bridgehead atoms. The van der Waals surface area contributed by atoms with E-state index in [-0.39, 0.29) is 40.1 Å². The van der Waals surface area contributed by atoms with Crippen LogP contribution in [0.2, 0.25) is 0 Å². The van der Waals surface area contributed by atoms with Crippen molar-refractivity contribution in [1.29, 1.82) is 0 Å². The van der Waals surface area contributed by atoms with Crippen LogP contribution < -0.4 is 12.4 Å². The number of rotatable bonds is 3. The minimum Gasteiger partial charge on any atom is -1.00 e. The molecule has 1 saturated heterocycles. The molecule has 1 fully saturated rings. The molecule has 1 heterocycles. The van der Waals surface area contributed by atoms with Crippen LogP contribution in [0.15, 0.2) is 11.6 Å². The van der Waals surface area contributed by atoms with Gasteiger partial charge in [-0.3, -0.25) is 0 Å². The van der Waals surface area contributed by atoms with Crippen molar-refractivity contribution in [1.82, 2.24) is 0 Å². The van der Waals surface area contributed by atoms with Crippen molar-refractivity contribution in [3.05, 3.63) is 18.1 Å². The van der Waals surface area contributed by atoms with E-state index >= 15 is 0 Å². The van der Waals surface area contributed by atoms with Crippen LogP contribution in [0.4, 0.5) is 0 Å². The molecular formula is C11H19ClHgO. The summed E-state index contributed by atoms with van der Waals surface area (Å²) in [7, 11) is 0. The zero-order valence-electron chi connectivity index (χ0n) is 9.26. The Labute approximate surface area is 115 Å². The first-order valence-corrected chi connectivity index (χ1v) is 4.87. The summed E-state index contributed by atoms with van der Waals surface area (Å²) in [6, 6.07) is 0. The average Bonchev–Trinajstić information content (AvgIpc) is 2.05. The van der Waals surface area contributed by atoms with Gasteiger partial charge in [-0.1, -0.05) is 11.6 Å². The van der Waals surface area contributed by atoms with Gasteiger partial charge in [-0.2, -0.15) is 0 Å². The maximum atomic E-state index is 5.57. The molecule has 3 heteroatoms. The molecule has 1 nitrogen and oxygen atoms in total. The monoisotopic (exact) mass is 404 g/mol. The van der Waals surface area contributed by atoms with Crippen LogP contribution in [0.1, 0.15) is 39.5 Å². The Bertz CT molecular complexity index is 149. The van der Waals surface area contributed by atoms with Gasteiger partial charge in [0.1, 0.15) is 0 Å². The predicted molar refractivity (Wildman–Crippen MR) is 51.9 cm³/mol. The van der Waals surface area contributed by atoms with Crippen molar-refractivity contribution < 1.29 is 44.8 Å². The van der Waals surface area contributed by atoms with Crippen molar-refractivity contribution in [3.8, 4) is 0 Å². The molecule has 1 atom stereocenters. The van der Waals surface area contributed by atoms with Gasteiger partial charge in [0.25, 0.3) is 0 Å². The van der Waals surface area contributed by atoms with Crippen LogP contribution in [0.5, 0.6) is 0 Å². The van der Waals surface area contributed by atoms with Gasteiger partial charge >= 0.3 is 27.7 Å². The topological polar surface area (TPSA) is 9.23 Å². The summed E-state index contributed by atoms with van der Waals surface area (Å²) in [6.45, 7) is 5.24. The van der Waals surface area contributed by atoms with E-state index in [1.807, 2.05) is 0 Å². The molecule has 14 heavy (non-hydrogen) atoms. The second-order valence-electron chi connectivity index (χ2n) is 3.65. The molecule has 0 unspecified atom stereocenters. The minimum atomic E-state index is 0. The summed E-state index contributed by atoms with van der Waals surface area (Å²) >= 11 is 0. The van der Waals surface area contributed by atoms with E-state index in [0.717, 1.165) is 19.4 Å². The van der Waals surface area contributed by atoms with E-state index < -0.39 is 0 Å². The van der Waals surface area contributed by atoms with E-state index in [2.05, 4.69) is 26.3 Å². The first kappa shape index (κ1) is 17.3. The summed E-state index contributed by atoms with van der Waals surface area (Å²) in [5.74, 6) is 0. The van der Waals surface area contributed by atoms with Gasteiger partial charge in [0.15, 0.2) is 0 Å². The van der Waals surface area contributed by atoms with Crippen molar-refractivity contribution in [2.75, 3.05) is 6.61 Å². The zero-order valence-corrected chi connectivity index (χ0v) is 15.5. The largest absolute Gasteiger partial charge is 1.00 e. The maximum Gasteiger partial charge on any atom is 1.00 e. The first-order chi connectivity index (χ1) is 5.79. The molecule has 1 aliphatic heterocycles. The van der Waals surface area contributed by atoms with Gasteiger partial charge in [0, 0.05) is 6.61 Å². The van der Waals surface area contributed by atoms with Crippen LogP contribution >= 0.6 is 0 Å². The number of hydrogen-bond donors (Lipinski definition) is 0. The fourth-order valence-electron chi connectivity index (χ4n) is 1.43. The molecule has 0 saturated carbocycles. The van der Waals surface area contributed by atoms with Crippen LogP contribution in [0.25, 0.3) is 0 Å². The molecule has 0 aliphatic carbocycles. The molecule has 0 aromatic rings. The van der Waals surface area contributed by atoms with Crippen molar-refractivity contribution in [3.63, 3.8) is 0 Å². The zero-order chi connectivity index (χ0) is 8.81. The summed E-state index contributed by atoms with van der Waals surface area (Å²) < 4.78 is 5.57. The van der Waals surface area contributed by atoms with Gasteiger partial charge in [-0.25, -0.2) is 0 Å². The van der Waals surface area contributed by atoms with Crippen molar-refractivity contribution in [2.45, 2.75) is 45.6 Å². The Morgan fingerprint density at radius 3 is 2.71 bits per heavy atom.